The maximum atomic E-state index is 12.4. The SMILES string of the molecule is CC(C)(C)OC(=O)NC(c1nc2c([nH]1)-c1ccc(Br)cc1CC2)C(C)(C)C. The van der Waals surface area contributed by atoms with Crippen LogP contribution in [0.5, 0.6) is 0 Å². The van der Waals surface area contributed by atoms with E-state index in [1.54, 1.807) is 0 Å². The van der Waals surface area contributed by atoms with Gasteiger partial charge in [0.2, 0.25) is 0 Å². The number of ether oxygens (including phenoxy) is 1. The molecule has 5 nitrogen and oxygen atoms in total. The third kappa shape index (κ3) is 4.54. The first-order valence-corrected chi connectivity index (χ1v) is 10.1. The first-order valence-electron chi connectivity index (χ1n) is 9.31. The van der Waals surface area contributed by atoms with E-state index in [0.717, 1.165) is 34.5 Å². The largest absolute Gasteiger partial charge is 0.444 e. The minimum absolute atomic E-state index is 0.222. The van der Waals surface area contributed by atoms with E-state index in [4.69, 9.17) is 9.72 Å². The molecule has 0 spiro atoms. The minimum atomic E-state index is -0.540. The first-order chi connectivity index (χ1) is 12.4. The molecule has 0 saturated heterocycles. The summed E-state index contributed by atoms with van der Waals surface area (Å²) in [5.74, 6) is 0.772. The number of carbonyl (C=O) groups is 1. The Labute approximate surface area is 169 Å². The van der Waals surface area contributed by atoms with Crippen LogP contribution in [0.1, 0.15) is 64.7 Å². The van der Waals surface area contributed by atoms with E-state index in [0.29, 0.717) is 0 Å². The molecule has 1 amide bonds. The van der Waals surface area contributed by atoms with Crippen LogP contribution in [-0.4, -0.2) is 21.7 Å². The van der Waals surface area contributed by atoms with Crippen LogP contribution in [0.25, 0.3) is 11.3 Å². The zero-order valence-electron chi connectivity index (χ0n) is 16.9. The molecule has 1 aromatic carbocycles. The third-order valence-electron chi connectivity index (χ3n) is 4.57. The number of hydrogen-bond acceptors (Lipinski definition) is 3. The number of nitrogens with one attached hydrogen (secondary N) is 2. The van der Waals surface area contributed by atoms with Gasteiger partial charge in [-0.25, -0.2) is 9.78 Å². The van der Waals surface area contributed by atoms with Crippen molar-refractivity contribution in [2.24, 2.45) is 5.41 Å². The summed E-state index contributed by atoms with van der Waals surface area (Å²) in [6, 6.07) is 6.05. The molecule has 0 radical (unpaired) electrons. The molecule has 0 bridgehead atoms. The smallest absolute Gasteiger partial charge is 0.408 e. The average Bonchev–Trinajstić information content (AvgIpc) is 2.93. The van der Waals surface area contributed by atoms with E-state index in [1.807, 2.05) is 20.8 Å². The van der Waals surface area contributed by atoms with Gasteiger partial charge in [0.1, 0.15) is 11.4 Å². The Hall–Kier alpha value is -1.82. The van der Waals surface area contributed by atoms with Crippen LogP contribution in [0.15, 0.2) is 22.7 Å². The number of aryl methyl sites for hydroxylation is 2. The van der Waals surface area contributed by atoms with Gasteiger partial charge in [-0.1, -0.05) is 42.8 Å². The molecule has 6 heteroatoms. The number of halogens is 1. The second kappa shape index (κ2) is 6.97. The Morgan fingerprint density at radius 1 is 1.22 bits per heavy atom. The molecule has 146 valence electrons. The molecule has 0 fully saturated rings. The highest BCUT2D eigenvalue weighted by atomic mass is 79.9. The summed E-state index contributed by atoms with van der Waals surface area (Å²) in [5.41, 5.74) is 3.84. The van der Waals surface area contributed by atoms with E-state index in [-0.39, 0.29) is 11.5 Å². The van der Waals surface area contributed by atoms with Crippen molar-refractivity contribution in [2.45, 2.75) is 66.0 Å². The zero-order chi connectivity index (χ0) is 20.0. The number of rotatable bonds is 2. The predicted molar refractivity (Wildman–Crippen MR) is 111 cm³/mol. The van der Waals surface area contributed by atoms with Crippen LogP contribution < -0.4 is 5.32 Å². The van der Waals surface area contributed by atoms with Crippen LogP contribution in [0, 0.1) is 5.41 Å². The lowest BCUT2D eigenvalue weighted by molar-refractivity contribution is 0.0458. The lowest BCUT2D eigenvalue weighted by atomic mass is 9.86. The highest BCUT2D eigenvalue weighted by Crippen LogP contribution is 2.37. The van der Waals surface area contributed by atoms with Crippen molar-refractivity contribution in [3.05, 3.63) is 39.8 Å². The Kier molecular flexibility index (Phi) is 5.14. The molecule has 2 aromatic rings. The van der Waals surface area contributed by atoms with Gasteiger partial charge in [0.15, 0.2) is 0 Å². The number of carbonyl (C=O) groups excluding carboxylic acids is 1. The zero-order valence-corrected chi connectivity index (χ0v) is 18.5. The fourth-order valence-electron chi connectivity index (χ4n) is 3.36. The molecule has 3 rings (SSSR count). The summed E-state index contributed by atoms with van der Waals surface area (Å²) in [5, 5.41) is 3.01. The van der Waals surface area contributed by atoms with Crippen LogP contribution >= 0.6 is 15.9 Å². The molecule has 1 atom stereocenters. The number of nitrogens with zero attached hydrogens (tertiary/aromatic N) is 1. The number of H-pyrrole nitrogens is 1. The van der Waals surface area contributed by atoms with Gasteiger partial charge in [-0.3, -0.25) is 0 Å². The highest BCUT2D eigenvalue weighted by molar-refractivity contribution is 9.10. The van der Waals surface area contributed by atoms with Crippen LogP contribution in [0.4, 0.5) is 4.79 Å². The molecule has 27 heavy (non-hydrogen) atoms. The molecule has 0 aliphatic heterocycles. The van der Waals surface area contributed by atoms with Gasteiger partial charge in [0.05, 0.1) is 17.4 Å². The molecule has 1 heterocycles. The molecule has 0 saturated carbocycles. The lowest BCUT2D eigenvalue weighted by Crippen LogP contribution is -2.40. The normalized spacial score (nSPS) is 14.9. The van der Waals surface area contributed by atoms with Gasteiger partial charge in [-0.2, -0.15) is 0 Å². The van der Waals surface area contributed by atoms with Gasteiger partial charge in [-0.05, 0) is 56.7 Å². The van der Waals surface area contributed by atoms with Crippen molar-refractivity contribution in [2.75, 3.05) is 0 Å². The number of alkyl carbamates (subject to hydrolysis) is 1. The molecule has 2 N–H and O–H groups in total. The number of hydrogen-bond donors (Lipinski definition) is 2. The molecule has 1 aliphatic rings. The van der Waals surface area contributed by atoms with Gasteiger partial charge >= 0.3 is 6.09 Å². The minimum Gasteiger partial charge on any atom is -0.444 e. The monoisotopic (exact) mass is 433 g/mol. The van der Waals surface area contributed by atoms with E-state index < -0.39 is 11.7 Å². The number of amides is 1. The first kappa shape index (κ1) is 19.9. The summed E-state index contributed by atoms with van der Waals surface area (Å²) in [7, 11) is 0. The van der Waals surface area contributed by atoms with E-state index >= 15 is 0 Å². The fourth-order valence-corrected chi connectivity index (χ4v) is 3.76. The molecular weight excluding hydrogens is 406 g/mol. The number of fused-ring (bicyclic) bond motifs is 3. The van der Waals surface area contributed by atoms with E-state index in [9.17, 15) is 4.79 Å². The molecule has 1 aromatic heterocycles. The van der Waals surface area contributed by atoms with Crippen LogP contribution in [-0.2, 0) is 17.6 Å². The highest BCUT2D eigenvalue weighted by Gasteiger charge is 2.33. The van der Waals surface area contributed by atoms with Crippen LogP contribution in [0.3, 0.4) is 0 Å². The second-order valence-corrected chi connectivity index (χ2v) is 10.1. The summed E-state index contributed by atoms with van der Waals surface area (Å²) >= 11 is 3.55. The number of benzene rings is 1. The number of aromatic amines is 1. The van der Waals surface area contributed by atoms with Crippen molar-refractivity contribution in [1.82, 2.24) is 15.3 Å². The van der Waals surface area contributed by atoms with Crippen molar-refractivity contribution < 1.29 is 9.53 Å². The molecular formula is C21H28BrN3O2. The Morgan fingerprint density at radius 2 is 1.93 bits per heavy atom. The van der Waals surface area contributed by atoms with Gasteiger partial charge in [-0.15, -0.1) is 0 Å². The van der Waals surface area contributed by atoms with Crippen molar-refractivity contribution in [1.29, 1.82) is 0 Å². The lowest BCUT2D eigenvalue weighted by Gasteiger charge is -2.31. The van der Waals surface area contributed by atoms with Crippen molar-refractivity contribution >= 4 is 22.0 Å². The summed E-state index contributed by atoms with van der Waals surface area (Å²) in [4.78, 5) is 20.7. The number of aromatic nitrogens is 2. The topological polar surface area (TPSA) is 67.0 Å². The Bertz CT molecular complexity index is 859. The maximum absolute atomic E-state index is 12.4. The molecule has 1 unspecified atom stereocenters. The van der Waals surface area contributed by atoms with Crippen LogP contribution in [0.2, 0.25) is 0 Å². The predicted octanol–water partition coefficient (Wildman–Crippen LogP) is 5.55. The summed E-state index contributed by atoms with van der Waals surface area (Å²) in [6.07, 6.45) is 1.42. The average molecular weight is 434 g/mol. The fraction of sp³-hybridized carbons (Fsp3) is 0.524. The maximum Gasteiger partial charge on any atom is 0.408 e. The molecule has 1 aliphatic carbocycles. The Balaban J connectivity index is 1.94. The van der Waals surface area contributed by atoms with Gasteiger partial charge in [0, 0.05) is 10.0 Å². The summed E-state index contributed by atoms with van der Waals surface area (Å²) < 4.78 is 6.55. The second-order valence-electron chi connectivity index (χ2n) is 9.19. The summed E-state index contributed by atoms with van der Waals surface area (Å²) in [6.45, 7) is 11.8. The standard InChI is InChI=1S/C21H28BrN3O2/c1-20(2,3)17(25-19(26)27-21(4,5)6)18-23-15-10-7-12-11-13(22)8-9-14(12)16(15)24-18/h8-9,11,17H,7,10H2,1-6H3,(H,23,24)(H,25,26). The van der Waals surface area contributed by atoms with Crippen molar-refractivity contribution in [3.8, 4) is 11.3 Å². The van der Waals surface area contributed by atoms with Crippen molar-refractivity contribution in [3.63, 3.8) is 0 Å². The van der Waals surface area contributed by atoms with E-state index in [1.165, 1.54) is 11.1 Å². The van der Waals surface area contributed by atoms with E-state index in [2.05, 4.69) is 65.2 Å². The van der Waals surface area contributed by atoms with Gasteiger partial charge < -0.3 is 15.0 Å². The third-order valence-corrected chi connectivity index (χ3v) is 5.06. The quantitative estimate of drug-likeness (QED) is 0.651. The van der Waals surface area contributed by atoms with Gasteiger partial charge in [0.25, 0.3) is 0 Å². The Morgan fingerprint density at radius 3 is 2.56 bits per heavy atom. The number of imidazole rings is 1.